The fraction of sp³-hybridized carbons (Fsp3) is 0.571. The topological polar surface area (TPSA) is 3.24 Å². The Kier molecular flexibility index (Phi) is 2.28. The van der Waals surface area contributed by atoms with Crippen molar-refractivity contribution in [2.45, 2.75) is 44.8 Å². The molecule has 3 atom stereocenters. The van der Waals surface area contributed by atoms with Crippen LogP contribution in [0.5, 0.6) is 0 Å². The van der Waals surface area contributed by atoms with Gasteiger partial charge >= 0.3 is 0 Å². The van der Waals surface area contributed by atoms with E-state index in [1.165, 1.54) is 31.4 Å². The van der Waals surface area contributed by atoms with E-state index in [9.17, 15) is 0 Å². The average Bonchev–Trinajstić information content (AvgIpc) is 2.76. The lowest BCUT2D eigenvalue weighted by Gasteiger charge is -2.22. The fourth-order valence-corrected chi connectivity index (χ4v) is 3.46. The van der Waals surface area contributed by atoms with Crippen LogP contribution in [0.1, 0.15) is 31.7 Å². The highest BCUT2D eigenvalue weighted by molar-refractivity contribution is 5.16. The Balaban J connectivity index is 1.75. The summed E-state index contributed by atoms with van der Waals surface area (Å²) in [4.78, 5) is 2.74. The summed E-state index contributed by atoms with van der Waals surface area (Å²) in [7, 11) is 0. The number of benzene rings is 1. The normalized spacial score (nSPS) is 34.9. The first-order valence-electron chi connectivity index (χ1n) is 6.14. The highest BCUT2D eigenvalue weighted by Crippen LogP contribution is 2.42. The molecule has 0 radical (unpaired) electrons. The molecule has 1 heteroatoms. The Morgan fingerprint density at radius 1 is 1.20 bits per heavy atom. The third-order valence-electron chi connectivity index (χ3n) is 4.20. The van der Waals surface area contributed by atoms with Crippen molar-refractivity contribution in [3.05, 3.63) is 35.9 Å². The third kappa shape index (κ3) is 1.59. The first kappa shape index (κ1) is 9.41. The molecule has 15 heavy (non-hydrogen) atoms. The van der Waals surface area contributed by atoms with Crippen molar-refractivity contribution in [2.75, 3.05) is 0 Å². The number of nitrogens with zero attached hydrogens (tertiary/aromatic N) is 1. The van der Waals surface area contributed by atoms with Crippen molar-refractivity contribution in [3.63, 3.8) is 0 Å². The Morgan fingerprint density at radius 3 is 2.60 bits per heavy atom. The molecular formula is C14H19N. The van der Waals surface area contributed by atoms with E-state index in [2.05, 4.69) is 42.2 Å². The summed E-state index contributed by atoms with van der Waals surface area (Å²) in [6.45, 7) is 3.59. The van der Waals surface area contributed by atoms with Gasteiger partial charge in [-0.05, 0) is 30.7 Å². The highest BCUT2D eigenvalue weighted by atomic mass is 15.2. The zero-order valence-corrected chi connectivity index (χ0v) is 9.39. The van der Waals surface area contributed by atoms with E-state index in [0.29, 0.717) is 0 Å². The minimum absolute atomic E-state index is 0.871. The standard InChI is InChI=1S/C14H19N/c1-11-9-13-7-8-14(11)15(13)10-12-5-3-2-4-6-12/h2-6,11,13-14H,7-10H2,1H3/t11-,13-,14+/m0/s1. The van der Waals surface area contributed by atoms with Crippen LogP contribution in [0.3, 0.4) is 0 Å². The predicted octanol–water partition coefficient (Wildman–Crippen LogP) is 3.06. The van der Waals surface area contributed by atoms with Crippen LogP contribution >= 0.6 is 0 Å². The van der Waals surface area contributed by atoms with E-state index in [4.69, 9.17) is 0 Å². The minimum atomic E-state index is 0.871. The molecule has 0 unspecified atom stereocenters. The van der Waals surface area contributed by atoms with Crippen LogP contribution in [0.25, 0.3) is 0 Å². The maximum absolute atomic E-state index is 2.74. The molecule has 0 N–H and O–H groups in total. The summed E-state index contributed by atoms with van der Waals surface area (Å²) >= 11 is 0. The second-order valence-corrected chi connectivity index (χ2v) is 5.17. The van der Waals surface area contributed by atoms with Gasteiger partial charge in [0, 0.05) is 18.6 Å². The maximum atomic E-state index is 2.74. The smallest absolute Gasteiger partial charge is 0.0239 e. The van der Waals surface area contributed by atoms with Gasteiger partial charge in [-0.25, -0.2) is 0 Å². The molecule has 2 aliphatic rings. The van der Waals surface area contributed by atoms with Gasteiger partial charge in [0.25, 0.3) is 0 Å². The van der Waals surface area contributed by atoms with Gasteiger partial charge in [0.05, 0.1) is 0 Å². The molecular weight excluding hydrogens is 182 g/mol. The number of fused-ring (bicyclic) bond motifs is 2. The van der Waals surface area contributed by atoms with Gasteiger partial charge in [-0.2, -0.15) is 0 Å². The Bertz CT molecular complexity index is 332. The van der Waals surface area contributed by atoms with Crippen LogP contribution in [-0.4, -0.2) is 17.0 Å². The zero-order chi connectivity index (χ0) is 10.3. The van der Waals surface area contributed by atoms with Crippen LogP contribution in [0.15, 0.2) is 30.3 Å². The SMILES string of the molecule is C[C@H]1C[C@@H]2CC[C@H]1N2Cc1ccccc1. The average molecular weight is 201 g/mol. The molecule has 80 valence electrons. The van der Waals surface area contributed by atoms with Crippen molar-refractivity contribution >= 4 is 0 Å². The van der Waals surface area contributed by atoms with Gasteiger partial charge < -0.3 is 0 Å². The van der Waals surface area contributed by atoms with Gasteiger partial charge in [0.2, 0.25) is 0 Å². The molecule has 0 saturated carbocycles. The Hall–Kier alpha value is -0.820. The summed E-state index contributed by atoms with van der Waals surface area (Å²) < 4.78 is 0. The fourth-order valence-electron chi connectivity index (χ4n) is 3.46. The van der Waals surface area contributed by atoms with Gasteiger partial charge in [0.15, 0.2) is 0 Å². The zero-order valence-electron chi connectivity index (χ0n) is 9.39. The van der Waals surface area contributed by atoms with E-state index in [1.54, 1.807) is 0 Å². The monoisotopic (exact) mass is 201 g/mol. The molecule has 2 fully saturated rings. The largest absolute Gasteiger partial charge is 0.293 e. The Morgan fingerprint density at radius 2 is 2.00 bits per heavy atom. The van der Waals surface area contributed by atoms with Crippen LogP contribution in [0.4, 0.5) is 0 Å². The van der Waals surface area contributed by atoms with E-state index in [0.717, 1.165) is 18.0 Å². The Labute approximate surface area is 92.1 Å². The van der Waals surface area contributed by atoms with Crippen molar-refractivity contribution < 1.29 is 0 Å². The molecule has 3 rings (SSSR count). The van der Waals surface area contributed by atoms with Crippen LogP contribution < -0.4 is 0 Å². The van der Waals surface area contributed by atoms with Crippen molar-refractivity contribution in [1.82, 2.24) is 4.90 Å². The molecule has 2 heterocycles. The second-order valence-electron chi connectivity index (χ2n) is 5.17. The first-order chi connectivity index (χ1) is 7.34. The molecule has 0 spiro atoms. The van der Waals surface area contributed by atoms with E-state index in [1.807, 2.05) is 0 Å². The number of hydrogen-bond donors (Lipinski definition) is 0. The first-order valence-corrected chi connectivity index (χ1v) is 6.14. The summed E-state index contributed by atoms with van der Waals surface area (Å²) in [5.74, 6) is 0.924. The summed E-state index contributed by atoms with van der Waals surface area (Å²) in [5.41, 5.74) is 1.48. The van der Waals surface area contributed by atoms with Crippen molar-refractivity contribution in [3.8, 4) is 0 Å². The lowest BCUT2D eigenvalue weighted by Crippen LogP contribution is -2.29. The highest BCUT2D eigenvalue weighted by Gasteiger charge is 2.43. The molecule has 2 bridgehead atoms. The lowest BCUT2D eigenvalue weighted by atomic mass is 9.91. The molecule has 0 aromatic heterocycles. The molecule has 1 aromatic rings. The van der Waals surface area contributed by atoms with E-state index in [-0.39, 0.29) is 0 Å². The van der Waals surface area contributed by atoms with Gasteiger partial charge in [0.1, 0.15) is 0 Å². The lowest BCUT2D eigenvalue weighted by molar-refractivity contribution is 0.231. The van der Waals surface area contributed by atoms with Gasteiger partial charge in [-0.1, -0.05) is 37.3 Å². The van der Waals surface area contributed by atoms with Crippen LogP contribution in [-0.2, 0) is 6.54 Å². The molecule has 2 aliphatic heterocycles. The quantitative estimate of drug-likeness (QED) is 0.711. The summed E-state index contributed by atoms with van der Waals surface area (Å²) in [6, 6.07) is 12.7. The van der Waals surface area contributed by atoms with Gasteiger partial charge in [-0.15, -0.1) is 0 Å². The third-order valence-corrected chi connectivity index (χ3v) is 4.20. The van der Waals surface area contributed by atoms with Crippen LogP contribution in [0.2, 0.25) is 0 Å². The molecule has 0 amide bonds. The maximum Gasteiger partial charge on any atom is 0.0239 e. The van der Waals surface area contributed by atoms with Crippen molar-refractivity contribution in [2.24, 2.45) is 5.92 Å². The number of rotatable bonds is 2. The van der Waals surface area contributed by atoms with E-state index < -0.39 is 0 Å². The van der Waals surface area contributed by atoms with Crippen LogP contribution in [0, 0.1) is 5.92 Å². The predicted molar refractivity (Wildman–Crippen MR) is 62.6 cm³/mol. The molecule has 1 aromatic carbocycles. The molecule has 2 saturated heterocycles. The summed E-state index contributed by atoms with van der Waals surface area (Å²) in [6.07, 6.45) is 4.29. The van der Waals surface area contributed by atoms with Crippen molar-refractivity contribution in [1.29, 1.82) is 0 Å². The molecule has 0 aliphatic carbocycles. The minimum Gasteiger partial charge on any atom is -0.293 e. The number of hydrogen-bond acceptors (Lipinski definition) is 1. The van der Waals surface area contributed by atoms with E-state index >= 15 is 0 Å². The van der Waals surface area contributed by atoms with Gasteiger partial charge in [-0.3, -0.25) is 4.90 Å². The summed E-state index contributed by atoms with van der Waals surface area (Å²) in [5, 5.41) is 0. The second kappa shape index (κ2) is 3.64. The molecule has 1 nitrogen and oxygen atoms in total.